The van der Waals surface area contributed by atoms with Crippen molar-refractivity contribution in [1.82, 2.24) is 10.2 Å². The summed E-state index contributed by atoms with van der Waals surface area (Å²) < 4.78 is 13.9. The molecule has 1 rings (SSSR count). The second-order valence-electron chi connectivity index (χ2n) is 5.82. The Morgan fingerprint density at radius 1 is 1.25 bits per heavy atom. The maximum absolute atomic E-state index is 13.9. The Morgan fingerprint density at radius 2 is 2.00 bits per heavy atom. The van der Waals surface area contributed by atoms with Crippen LogP contribution in [0, 0.1) is 11.7 Å². The first-order valence-electron chi connectivity index (χ1n) is 7.77. The van der Waals surface area contributed by atoms with Crippen molar-refractivity contribution in [1.29, 1.82) is 0 Å². The Morgan fingerprint density at radius 3 is 2.60 bits per heavy atom. The molecule has 20 heavy (non-hydrogen) atoms. The fraction of sp³-hybridized carbons (Fsp3) is 0.647. The van der Waals surface area contributed by atoms with Crippen molar-refractivity contribution in [2.75, 3.05) is 19.6 Å². The Labute approximate surface area is 123 Å². The van der Waals surface area contributed by atoms with Crippen LogP contribution in [-0.2, 0) is 13.1 Å². The topological polar surface area (TPSA) is 15.3 Å². The van der Waals surface area contributed by atoms with E-state index in [4.69, 9.17) is 0 Å². The zero-order valence-electron chi connectivity index (χ0n) is 13.4. The third-order valence-corrected chi connectivity index (χ3v) is 3.33. The lowest BCUT2D eigenvalue weighted by Gasteiger charge is -2.23. The summed E-state index contributed by atoms with van der Waals surface area (Å²) in [6.07, 6.45) is 1.12. The minimum absolute atomic E-state index is 0.0913. The van der Waals surface area contributed by atoms with E-state index in [9.17, 15) is 4.39 Å². The van der Waals surface area contributed by atoms with Gasteiger partial charge in [0, 0.05) is 25.2 Å². The molecule has 2 nitrogen and oxygen atoms in total. The van der Waals surface area contributed by atoms with Crippen LogP contribution in [0.15, 0.2) is 18.2 Å². The van der Waals surface area contributed by atoms with Gasteiger partial charge in [-0.3, -0.25) is 4.90 Å². The molecule has 0 fully saturated rings. The van der Waals surface area contributed by atoms with Gasteiger partial charge in [0.1, 0.15) is 5.82 Å². The van der Waals surface area contributed by atoms with E-state index in [1.807, 2.05) is 12.1 Å². The van der Waals surface area contributed by atoms with Crippen LogP contribution in [0.4, 0.5) is 4.39 Å². The summed E-state index contributed by atoms with van der Waals surface area (Å²) >= 11 is 0. The summed E-state index contributed by atoms with van der Waals surface area (Å²) in [7, 11) is 0. The van der Waals surface area contributed by atoms with Crippen LogP contribution >= 0.6 is 0 Å². The van der Waals surface area contributed by atoms with E-state index in [-0.39, 0.29) is 5.82 Å². The highest BCUT2D eigenvalue weighted by molar-refractivity contribution is 5.25. The summed E-state index contributed by atoms with van der Waals surface area (Å²) in [6.45, 7) is 13.2. The summed E-state index contributed by atoms with van der Waals surface area (Å²) in [6, 6.07) is 5.47. The summed E-state index contributed by atoms with van der Waals surface area (Å²) in [5, 5.41) is 3.36. The molecule has 0 unspecified atom stereocenters. The van der Waals surface area contributed by atoms with Crippen LogP contribution in [-0.4, -0.2) is 24.5 Å². The average molecular weight is 280 g/mol. The minimum atomic E-state index is -0.0913. The van der Waals surface area contributed by atoms with Gasteiger partial charge in [0.25, 0.3) is 0 Å². The third-order valence-electron chi connectivity index (χ3n) is 3.33. The second kappa shape index (κ2) is 9.09. The number of benzene rings is 1. The van der Waals surface area contributed by atoms with Crippen molar-refractivity contribution < 1.29 is 4.39 Å². The zero-order valence-corrected chi connectivity index (χ0v) is 13.4. The number of nitrogens with one attached hydrogen (secondary N) is 1. The number of hydrogen-bond donors (Lipinski definition) is 1. The fourth-order valence-corrected chi connectivity index (χ4v) is 2.33. The summed E-state index contributed by atoms with van der Waals surface area (Å²) in [5.41, 5.74) is 1.97. The maximum Gasteiger partial charge on any atom is 0.127 e. The summed E-state index contributed by atoms with van der Waals surface area (Å²) in [4.78, 5) is 2.30. The first-order valence-corrected chi connectivity index (χ1v) is 7.77. The van der Waals surface area contributed by atoms with Gasteiger partial charge in [-0.25, -0.2) is 4.39 Å². The van der Waals surface area contributed by atoms with Gasteiger partial charge in [-0.15, -0.1) is 0 Å². The van der Waals surface area contributed by atoms with Crippen LogP contribution in [0.5, 0.6) is 0 Å². The van der Waals surface area contributed by atoms with Crippen LogP contribution in [0.3, 0.4) is 0 Å². The molecule has 0 bridgehead atoms. The van der Waals surface area contributed by atoms with Crippen molar-refractivity contribution >= 4 is 0 Å². The molecule has 0 aliphatic carbocycles. The van der Waals surface area contributed by atoms with E-state index in [1.165, 1.54) is 0 Å². The van der Waals surface area contributed by atoms with Gasteiger partial charge in [0.15, 0.2) is 0 Å². The Hall–Kier alpha value is -0.930. The molecule has 0 aliphatic heterocycles. The zero-order chi connectivity index (χ0) is 15.0. The lowest BCUT2D eigenvalue weighted by Crippen LogP contribution is -2.27. The molecule has 0 saturated heterocycles. The average Bonchev–Trinajstić information content (AvgIpc) is 2.41. The predicted octanol–water partition coefficient (Wildman–Crippen LogP) is 3.80. The Bertz CT molecular complexity index is 391. The summed E-state index contributed by atoms with van der Waals surface area (Å²) in [5.74, 6) is 0.513. The van der Waals surface area contributed by atoms with Crippen molar-refractivity contribution in [3.63, 3.8) is 0 Å². The fourth-order valence-electron chi connectivity index (χ4n) is 2.33. The number of halogens is 1. The van der Waals surface area contributed by atoms with Crippen LogP contribution in [0.2, 0.25) is 0 Å². The maximum atomic E-state index is 13.9. The molecule has 0 aromatic heterocycles. The SMILES string of the molecule is CCCNCc1ccc(F)c(CN(CC)CC(C)C)c1. The van der Waals surface area contributed by atoms with E-state index in [0.29, 0.717) is 12.5 Å². The molecule has 1 aromatic carbocycles. The first kappa shape index (κ1) is 17.1. The molecule has 0 amide bonds. The number of nitrogens with zero attached hydrogens (tertiary/aromatic N) is 1. The predicted molar refractivity (Wildman–Crippen MR) is 84.2 cm³/mol. The second-order valence-corrected chi connectivity index (χ2v) is 5.82. The van der Waals surface area contributed by atoms with Crippen LogP contribution in [0.1, 0.15) is 45.2 Å². The number of rotatable bonds is 9. The largest absolute Gasteiger partial charge is 0.313 e. The molecule has 1 N–H and O–H groups in total. The third kappa shape index (κ3) is 6.02. The molecule has 0 radical (unpaired) electrons. The smallest absolute Gasteiger partial charge is 0.127 e. The Balaban J connectivity index is 2.69. The first-order chi connectivity index (χ1) is 9.56. The quantitative estimate of drug-likeness (QED) is 0.692. The van der Waals surface area contributed by atoms with E-state index < -0.39 is 0 Å². The van der Waals surface area contributed by atoms with Gasteiger partial charge in [-0.05, 0) is 37.1 Å². The van der Waals surface area contributed by atoms with Crippen molar-refractivity contribution in [3.05, 3.63) is 35.1 Å². The lowest BCUT2D eigenvalue weighted by atomic mass is 10.1. The number of hydrogen-bond acceptors (Lipinski definition) is 2. The molecule has 0 spiro atoms. The standard InChI is InChI=1S/C17H29FN2/c1-5-9-19-11-15-7-8-17(18)16(10-15)13-20(6-2)12-14(3)4/h7-8,10,14,19H,5-6,9,11-13H2,1-4H3. The van der Waals surface area contributed by atoms with Crippen LogP contribution < -0.4 is 5.32 Å². The molecule has 114 valence electrons. The van der Waals surface area contributed by atoms with E-state index >= 15 is 0 Å². The van der Waals surface area contributed by atoms with E-state index in [0.717, 1.165) is 43.7 Å². The van der Waals surface area contributed by atoms with Gasteiger partial charge in [-0.2, -0.15) is 0 Å². The van der Waals surface area contributed by atoms with E-state index in [2.05, 4.69) is 37.9 Å². The van der Waals surface area contributed by atoms with Gasteiger partial charge in [0.2, 0.25) is 0 Å². The van der Waals surface area contributed by atoms with Crippen LogP contribution in [0.25, 0.3) is 0 Å². The van der Waals surface area contributed by atoms with Gasteiger partial charge in [0.05, 0.1) is 0 Å². The molecule has 1 aromatic rings. The van der Waals surface area contributed by atoms with E-state index in [1.54, 1.807) is 6.07 Å². The monoisotopic (exact) mass is 280 g/mol. The lowest BCUT2D eigenvalue weighted by molar-refractivity contribution is 0.245. The highest BCUT2D eigenvalue weighted by Crippen LogP contribution is 2.14. The molecule has 0 atom stereocenters. The molecule has 0 saturated carbocycles. The molecular formula is C17H29FN2. The van der Waals surface area contributed by atoms with Crippen molar-refractivity contribution in [2.45, 2.75) is 47.2 Å². The normalized spacial score (nSPS) is 11.6. The highest BCUT2D eigenvalue weighted by atomic mass is 19.1. The van der Waals surface area contributed by atoms with Gasteiger partial charge >= 0.3 is 0 Å². The van der Waals surface area contributed by atoms with Gasteiger partial charge < -0.3 is 5.32 Å². The van der Waals surface area contributed by atoms with Gasteiger partial charge in [-0.1, -0.05) is 39.8 Å². The molecule has 0 heterocycles. The molecule has 3 heteroatoms. The molecular weight excluding hydrogens is 251 g/mol. The Kier molecular flexibility index (Phi) is 7.78. The molecule has 0 aliphatic rings. The highest BCUT2D eigenvalue weighted by Gasteiger charge is 2.10. The van der Waals surface area contributed by atoms with Crippen molar-refractivity contribution in [3.8, 4) is 0 Å². The minimum Gasteiger partial charge on any atom is -0.313 e. The van der Waals surface area contributed by atoms with Crippen molar-refractivity contribution in [2.24, 2.45) is 5.92 Å².